The molecule has 0 radical (unpaired) electrons. The Bertz CT molecular complexity index is 271. The maximum absolute atomic E-state index is 12.2. The highest BCUT2D eigenvalue weighted by Gasteiger charge is 2.23. The van der Waals surface area contributed by atoms with Gasteiger partial charge < -0.3 is 10.6 Å². The fourth-order valence-corrected chi connectivity index (χ4v) is 3.09. The fourth-order valence-electron chi connectivity index (χ4n) is 3.09. The number of carbonyl (C=O) groups is 1. The molecule has 0 aromatic heterocycles. The zero-order valence-electron chi connectivity index (χ0n) is 13.7. The number of amides is 1. The van der Waals surface area contributed by atoms with E-state index in [0.29, 0.717) is 12.0 Å². The molecule has 118 valence electrons. The summed E-state index contributed by atoms with van der Waals surface area (Å²) in [5.41, 5.74) is 0. The lowest BCUT2D eigenvalue weighted by Gasteiger charge is -2.32. The lowest BCUT2D eigenvalue weighted by molar-refractivity contribution is -0.126. The van der Waals surface area contributed by atoms with Crippen LogP contribution >= 0.6 is 0 Å². The summed E-state index contributed by atoms with van der Waals surface area (Å²) in [5, 5.41) is 6.51. The molecule has 1 fully saturated rings. The summed E-state index contributed by atoms with van der Waals surface area (Å²) in [4.78, 5) is 14.7. The summed E-state index contributed by atoms with van der Waals surface area (Å²) in [6.45, 7) is 13.8. The van der Waals surface area contributed by atoms with E-state index < -0.39 is 0 Å². The molecule has 0 aromatic rings. The van der Waals surface area contributed by atoms with Gasteiger partial charge in [0.15, 0.2) is 0 Å². The lowest BCUT2D eigenvalue weighted by atomic mass is 9.96. The average Bonchev–Trinajstić information content (AvgIpc) is 2.45. The zero-order chi connectivity index (χ0) is 15.0. The molecule has 4 heteroatoms. The number of nitrogens with zero attached hydrogens (tertiary/aromatic N) is 1. The number of rotatable bonds is 8. The van der Waals surface area contributed by atoms with Crippen molar-refractivity contribution in [3.63, 3.8) is 0 Å². The van der Waals surface area contributed by atoms with Crippen LogP contribution in [-0.4, -0.2) is 49.6 Å². The van der Waals surface area contributed by atoms with Crippen LogP contribution in [0, 0.1) is 11.8 Å². The van der Waals surface area contributed by atoms with Crippen molar-refractivity contribution in [2.45, 2.75) is 53.0 Å². The number of hydrogen-bond donors (Lipinski definition) is 2. The molecule has 20 heavy (non-hydrogen) atoms. The van der Waals surface area contributed by atoms with E-state index in [0.717, 1.165) is 52.0 Å². The van der Waals surface area contributed by atoms with Gasteiger partial charge in [0, 0.05) is 18.5 Å². The number of likely N-dealkylation sites (N-methyl/N-ethyl adjacent to an activating group) is 1. The summed E-state index contributed by atoms with van der Waals surface area (Å²) in [6.07, 6.45) is 3.10. The lowest BCUT2D eigenvalue weighted by Crippen LogP contribution is -2.47. The normalized spacial score (nSPS) is 18.5. The maximum atomic E-state index is 12.2. The van der Waals surface area contributed by atoms with Crippen LogP contribution in [0.25, 0.3) is 0 Å². The number of carbonyl (C=O) groups excluding carboxylic acids is 1. The summed E-state index contributed by atoms with van der Waals surface area (Å²) in [7, 11) is 0. The Morgan fingerprint density at radius 1 is 1.25 bits per heavy atom. The molecule has 1 aliphatic heterocycles. The van der Waals surface area contributed by atoms with E-state index in [1.165, 1.54) is 0 Å². The first-order valence-electron chi connectivity index (χ1n) is 8.30. The van der Waals surface area contributed by atoms with Crippen molar-refractivity contribution in [2.75, 3.05) is 32.7 Å². The van der Waals surface area contributed by atoms with Crippen molar-refractivity contribution in [1.29, 1.82) is 0 Å². The van der Waals surface area contributed by atoms with Crippen molar-refractivity contribution in [2.24, 2.45) is 11.8 Å². The van der Waals surface area contributed by atoms with Crippen molar-refractivity contribution in [3.05, 3.63) is 0 Å². The highest BCUT2D eigenvalue weighted by atomic mass is 16.1. The largest absolute Gasteiger partial charge is 0.354 e. The first kappa shape index (κ1) is 17.4. The van der Waals surface area contributed by atoms with E-state index in [2.05, 4.69) is 43.2 Å². The van der Waals surface area contributed by atoms with Crippen LogP contribution in [0.15, 0.2) is 0 Å². The fraction of sp³-hybridized carbons (Fsp3) is 0.938. The molecule has 1 atom stereocenters. The second kappa shape index (κ2) is 9.35. The van der Waals surface area contributed by atoms with Crippen LogP contribution in [0.3, 0.4) is 0 Å². The standard InChI is InChI=1S/C16H33N3O/c1-5-19(6-2)15(11-13(3)4)12-18-16(20)14-7-9-17-10-8-14/h13-15,17H,5-12H2,1-4H3,(H,18,20). The highest BCUT2D eigenvalue weighted by molar-refractivity contribution is 5.78. The van der Waals surface area contributed by atoms with E-state index in [9.17, 15) is 4.79 Å². The Morgan fingerprint density at radius 3 is 2.35 bits per heavy atom. The smallest absolute Gasteiger partial charge is 0.223 e. The Labute approximate surface area is 124 Å². The summed E-state index contributed by atoms with van der Waals surface area (Å²) < 4.78 is 0. The Kier molecular flexibility index (Phi) is 8.15. The first-order valence-corrected chi connectivity index (χ1v) is 8.30. The van der Waals surface area contributed by atoms with Gasteiger partial charge in [0.1, 0.15) is 0 Å². The van der Waals surface area contributed by atoms with Gasteiger partial charge in [-0.25, -0.2) is 0 Å². The summed E-state index contributed by atoms with van der Waals surface area (Å²) >= 11 is 0. The van der Waals surface area contributed by atoms with Gasteiger partial charge in [0.05, 0.1) is 0 Å². The number of nitrogens with one attached hydrogen (secondary N) is 2. The second-order valence-corrected chi connectivity index (χ2v) is 6.27. The quantitative estimate of drug-likeness (QED) is 0.714. The molecule has 0 aliphatic carbocycles. The molecule has 0 aromatic carbocycles. The molecular formula is C16H33N3O. The van der Waals surface area contributed by atoms with Crippen LogP contribution < -0.4 is 10.6 Å². The highest BCUT2D eigenvalue weighted by Crippen LogP contribution is 2.13. The van der Waals surface area contributed by atoms with E-state index in [-0.39, 0.29) is 11.8 Å². The van der Waals surface area contributed by atoms with Crippen LogP contribution in [0.1, 0.15) is 47.0 Å². The minimum atomic E-state index is 0.215. The van der Waals surface area contributed by atoms with E-state index in [4.69, 9.17) is 0 Å². The second-order valence-electron chi connectivity index (χ2n) is 6.27. The Hall–Kier alpha value is -0.610. The monoisotopic (exact) mass is 283 g/mol. The molecule has 0 bridgehead atoms. The van der Waals surface area contributed by atoms with Crippen molar-refractivity contribution in [3.8, 4) is 0 Å². The zero-order valence-corrected chi connectivity index (χ0v) is 13.7. The Morgan fingerprint density at radius 2 is 1.85 bits per heavy atom. The SMILES string of the molecule is CCN(CC)C(CNC(=O)C1CCNCC1)CC(C)C. The van der Waals surface area contributed by atoms with Gasteiger partial charge >= 0.3 is 0 Å². The van der Waals surface area contributed by atoms with Crippen LogP contribution in [0.2, 0.25) is 0 Å². The van der Waals surface area contributed by atoms with E-state index in [1.807, 2.05) is 0 Å². The minimum Gasteiger partial charge on any atom is -0.354 e. The van der Waals surface area contributed by atoms with Crippen LogP contribution in [0.5, 0.6) is 0 Å². The van der Waals surface area contributed by atoms with Gasteiger partial charge in [0.2, 0.25) is 5.91 Å². The molecule has 1 aliphatic rings. The van der Waals surface area contributed by atoms with Gasteiger partial charge in [-0.3, -0.25) is 9.69 Å². The van der Waals surface area contributed by atoms with Crippen LogP contribution in [-0.2, 0) is 4.79 Å². The van der Waals surface area contributed by atoms with Crippen molar-refractivity contribution >= 4 is 5.91 Å². The van der Waals surface area contributed by atoms with E-state index >= 15 is 0 Å². The molecule has 1 saturated heterocycles. The molecule has 1 rings (SSSR count). The molecule has 0 saturated carbocycles. The van der Waals surface area contributed by atoms with E-state index in [1.54, 1.807) is 0 Å². The molecule has 0 spiro atoms. The Balaban J connectivity index is 2.45. The van der Waals surface area contributed by atoms with Crippen LogP contribution in [0.4, 0.5) is 0 Å². The third-order valence-corrected chi connectivity index (χ3v) is 4.29. The summed E-state index contributed by atoms with van der Waals surface area (Å²) in [5.74, 6) is 1.14. The maximum Gasteiger partial charge on any atom is 0.223 e. The predicted molar refractivity (Wildman–Crippen MR) is 84.8 cm³/mol. The van der Waals surface area contributed by atoms with Gasteiger partial charge in [-0.05, 0) is 51.4 Å². The topological polar surface area (TPSA) is 44.4 Å². The van der Waals surface area contributed by atoms with Gasteiger partial charge in [-0.1, -0.05) is 27.7 Å². The first-order chi connectivity index (χ1) is 9.58. The molecular weight excluding hydrogens is 250 g/mol. The van der Waals surface area contributed by atoms with Gasteiger partial charge in [-0.2, -0.15) is 0 Å². The number of piperidine rings is 1. The van der Waals surface area contributed by atoms with Gasteiger partial charge in [-0.15, -0.1) is 0 Å². The third-order valence-electron chi connectivity index (χ3n) is 4.29. The van der Waals surface area contributed by atoms with Crippen molar-refractivity contribution < 1.29 is 4.79 Å². The third kappa shape index (κ3) is 5.80. The molecule has 1 amide bonds. The predicted octanol–water partition coefficient (Wildman–Crippen LogP) is 1.86. The minimum absolute atomic E-state index is 0.215. The molecule has 1 unspecified atom stereocenters. The summed E-state index contributed by atoms with van der Waals surface area (Å²) in [6, 6.07) is 0.468. The molecule has 1 heterocycles. The van der Waals surface area contributed by atoms with Crippen molar-refractivity contribution in [1.82, 2.24) is 15.5 Å². The molecule has 4 nitrogen and oxygen atoms in total. The molecule has 2 N–H and O–H groups in total. The average molecular weight is 283 g/mol. The number of hydrogen-bond acceptors (Lipinski definition) is 3. The van der Waals surface area contributed by atoms with Gasteiger partial charge in [0.25, 0.3) is 0 Å².